The molecule has 8 heteroatoms. The predicted octanol–water partition coefficient (Wildman–Crippen LogP) is 7.27. The summed E-state index contributed by atoms with van der Waals surface area (Å²) < 4.78 is 39.8. The first-order chi connectivity index (χ1) is 21.0. The molecule has 43 heavy (non-hydrogen) atoms. The number of aryl methyl sites for hydroxylation is 1. The van der Waals surface area contributed by atoms with Gasteiger partial charge in [-0.25, -0.2) is 8.78 Å². The molecule has 1 atom stereocenters. The Morgan fingerprint density at radius 2 is 1.72 bits per heavy atom. The maximum atomic E-state index is 16.0. The van der Waals surface area contributed by atoms with Gasteiger partial charge in [0.05, 0.1) is 18.6 Å². The van der Waals surface area contributed by atoms with Crippen molar-refractivity contribution in [3.8, 4) is 0 Å². The summed E-state index contributed by atoms with van der Waals surface area (Å²) in [6.07, 6.45) is 11.7. The van der Waals surface area contributed by atoms with Crippen LogP contribution in [0.1, 0.15) is 81.5 Å². The zero-order valence-corrected chi connectivity index (χ0v) is 25.8. The van der Waals surface area contributed by atoms with Gasteiger partial charge in [0.2, 0.25) is 5.69 Å². The molecular weight excluding hydrogens is 544 g/mol. The fraction of sp³-hybridized carbons (Fsp3) is 0.571. The maximum absolute atomic E-state index is 16.0. The summed E-state index contributed by atoms with van der Waals surface area (Å²) in [6, 6.07) is 11.5. The van der Waals surface area contributed by atoms with Crippen LogP contribution >= 0.6 is 0 Å². The molecule has 4 aliphatic heterocycles. The lowest BCUT2D eigenvalue weighted by molar-refractivity contribution is -0.481. The van der Waals surface area contributed by atoms with Gasteiger partial charge in [-0.05, 0) is 75.5 Å². The van der Waals surface area contributed by atoms with Crippen LogP contribution in [0.4, 0.5) is 20.2 Å². The SMILES string of the molecule is CC=[N+]1c2cnnc3c(cc(N4CCOCC4)cc23)CCCCCCCN2CCC(CC2)C(F)(F)c2cccc(c2)[C@H]1C. The average Bonchev–Trinajstić information content (AvgIpc) is 3.05. The molecule has 4 aliphatic rings. The third-order valence-corrected chi connectivity index (χ3v) is 9.91. The number of aromatic nitrogens is 2. The van der Waals surface area contributed by atoms with Crippen LogP contribution in [-0.2, 0) is 17.1 Å². The van der Waals surface area contributed by atoms with Crippen LogP contribution in [-0.4, -0.2) is 71.8 Å². The number of nitrogens with zero attached hydrogens (tertiary/aromatic N) is 5. The van der Waals surface area contributed by atoms with Crippen molar-refractivity contribution in [3.63, 3.8) is 0 Å². The van der Waals surface area contributed by atoms with Gasteiger partial charge in [0.15, 0.2) is 6.04 Å². The summed E-state index contributed by atoms with van der Waals surface area (Å²) in [4.78, 5) is 4.79. The molecule has 2 aromatic carbocycles. The molecule has 0 N–H and O–H groups in total. The zero-order chi connectivity index (χ0) is 29.8. The lowest BCUT2D eigenvalue weighted by atomic mass is 9.85. The van der Waals surface area contributed by atoms with Crippen molar-refractivity contribution in [2.75, 3.05) is 50.8 Å². The molecule has 230 valence electrons. The highest BCUT2D eigenvalue weighted by Crippen LogP contribution is 2.43. The number of benzene rings is 2. The van der Waals surface area contributed by atoms with E-state index < -0.39 is 11.8 Å². The lowest BCUT2D eigenvalue weighted by Crippen LogP contribution is -2.40. The average molecular weight is 591 g/mol. The topological polar surface area (TPSA) is 44.5 Å². The number of fused-ring (bicyclic) bond motifs is 9. The van der Waals surface area contributed by atoms with E-state index in [9.17, 15) is 0 Å². The number of rotatable bonds is 1. The number of hydrogen-bond donors (Lipinski definition) is 0. The molecular formula is C35H46F2N5O+. The van der Waals surface area contributed by atoms with Gasteiger partial charge < -0.3 is 14.5 Å². The number of hydrogen-bond acceptors (Lipinski definition) is 5. The van der Waals surface area contributed by atoms with Crippen LogP contribution in [0.2, 0.25) is 0 Å². The van der Waals surface area contributed by atoms with E-state index in [1.165, 1.54) is 30.5 Å². The van der Waals surface area contributed by atoms with Crippen LogP contribution in [0.25, 0.3) is 10.9 Å². The number of alkyl halides is 2. The standard InChI is InChI=1S/C35H46F2N5O/c1-3-42-26(2)27-11-9-12-30(22-27)35(36,37)29-13-16-40(17-14-29)15-8-6-4-5-7-10-28-23-31(41-18-20-43-21-19-41)24-32-33(42)25-38-39-34(28)32/h3,9,11-12,22-26,29H,4-8,10,13-21H2,1-2H3/q+1/t26-/m1/s1. The van der Waals surface area contributed by atoms with E-state index in [1.54, 1.807) is 18.2 Å². The third kappa shape index (κ3) is 6.46. The number of halogens is 2. The molecule has 2 saturated heterocycles. The second-order valence-electron chi connectivity index (χ2n) is 12.6. The summed E-state index contributed by atoms with van der Waals surface area (Å²) in [5.74, 6) is -3.48. The minimum absolute atomic E-state index is 0.131. The van der Waals surface area contributed by atoms with Crippen LogP contribution in [0.15, 0.2) is 42.6 Å². The summed E-state index contributed by atoms with van der Waals surface area (Å²) in [6.45, 7) is 9.79. The van der Waals surface area contributed by atoms with Gasteiger partial charge >= 0.3 is 0 Å². The molecule has 7 rings (SSSR count). The van der Waals surface area contributed by atoms with E-state index in [2.05, 4.69) is 43.6 Å². The number of anilines is 1. The number of ether oxygens (including phenoxy) is 1. The molecule has 0 spiro atoms. The summed E-state index contributed by atoms with van der Waals surface area (Å²) in [5.41, 5.74) is 5.30. The van der Waals surface area contributed by atoms with E-state index in [-0.39, 0.29) is 11.6 Å². The van der Waals surface area contributed by atoms with Crippen molar-refractivity contribution < 1.29 is 18.1 Å². The number of piperidine rings is 1. The Hall–Kier alpha value is -2.97. The fourth-order valence-electron chi connectivity index (χ4n) is 7.28. The van der Waals surface area contributed by atoms with Gasteiger partial charge in [-0.3, -0.25) is 0 Å². The first-order valence-electron chi connectivity index (χ1n) is 16.3. The first kappa shape index (κ1) is 30.1. The van der Waals surface area contributed by atoms with Crippen LogP contribution in [0.5, 0.6) is 0 Å². The maximum Gasteiger partial charge on any atom is 0.276 e. The molecule has 6 nitrogen and oxygen atoms in total. The van der Waals surface area contributed by atoms with E-state index in [1.807, 2.05) is 25.4 Å². The Balaban J connectivity index is 1.42. The Kier molecular flexibility index (Phi) is 9.34. The van der Waals surface area contributed by atoms with E-state index in [4.69, 9.17) is 4.74 Å². The molecule has 0 aliphatic carbocycles. The minimum atomic E-state index is -2.85. The molecule has 0 unspecified atom stereocenters. The van der Waals surface area contributed by atoms with Gasteiger partial charge in [-0.2, -0.15) is 9.67 Å². The van der Waals surface area contributed by atoms with Crippen molar-refractivity contribution in [2.24, 2.45) is 5.92 Å². The highest BCUT2D eigenvalue weighted by molar-refractivity contribution is 5.92. The second kappa shape index (κ2) is 13.3. The van der Waals surface area contributed by atoms with E-state index in [0.29, 0.717) is 12.8 Å². The Labute approximate surface area is 254 Å². The fourth-order valence-corrected chi connectivity index (χ4v) is 7.28. The monoisotopic (exact) mass is 590 g/mol. The van der Waals surface area contributed by atoms with Gasteiger partial charge in [0, 0.05) is 49.7 Å². The van der Waals surface area contributed by atoms with Gasteiger partial charge in [-0.1, -0.05) is 37.5 Å². The molecule has 0 radical (unpaired) electrons. The van der Waals surface area contributed by atoms with Crippen molar-refractivity contribution in [2.45, 2.75) is 77.2 Å². The summed E-state index contributed by atoms with van der Waals surface area (Å²) >= 11 is 0. The van der Waals surface area contributed by atoms with Gasteiger partial charge in [0.25, 0.3) is 5.92 Å². The molecule has 0 amide bonds. The van der Waals surface area contributed by atoms with Crippen molar-refractivity contribution in [1.82, 2.24) is 15.1 Å². The molecule has 2 fully saturated rings. The third-order valence-electron chi connectivity index (χ3n) is 9.91. The van der Waals surface area contributed by atoms with Crippen molar-refractivity contribution >= 4 is 28.5 Å². The van der Waals surface area contributed by atoms with Crippen molar-refractivity contribution in [1.29, 1.82) is 0 Å². The van der Waals surface area contributed by atoms with Crippen LogP contribution in [0, 0.1) is 5.92 Å². The van der Waals surface area contributed by atoms with Crippen LogP contribution < -0.4 is 4.90 Å². The van der Waals surface area contributed by atoms with E-state index in [0.717, 1.165) is 87.4 Å². The zero-order valence-electron chi connectivity index (χ0n) is 25.8. The quantitative estimate of drug-likeness (QED) is 0.279. The Bertz CT molecular complexity index is 1430. The van der Waals surface area contributed by atoms with Crippen LogP contribution in [0.3, 0.4) is 0 Å². The Morgan fingerprint density at radius 1 is 0.953 bits per heavy atom. The second-order valence-corrected chi connectivity index (χ2v) is 12.6. The normalized spacial score (nSPS) is 26.5. The highest BCUT2D eigenvalue weighted by atomic mass is 19.3. The molecule has 3 aromatic rings. The smallest absolute Gasteiger partial charge is 0.276 e. The molecule has 1 aromatic heterocycles. The summed E-state index contributed by atoms with van der Waals surface area (Å²) in [5, 5.41) is 10.2. The highest BCUT2D eigenvalue weighted by Gasteiger charge is 2.43. The number of morpholine rings is 1. The van der Waals surface area contributed by atoms with Gasteiger partial charge in [-0.15, -0.1) is 5.10 Å². The lowest BCUT2D eigenvalue weighted by Gasteiger charge is -2.36. The molecule has 5 heterocycles. The predicted molar refractivity (Wildman–Crippen MR) is 169 cm³/mol. The van der Waals surface area contributed by atoms with Crippen molar-refractivity contribution in [3.05, 3.63) is 59.3 Å². The minimum Gasteiger partial charge on any atom is -0.378 e. The largest absolute Gasteiger partial charge is 0.378 e. The van der Waals surface area contributed by atoms with Gasteiger partial charge in [0.1, 0.15) is 17.9 Å². The molecule has 0 saturated carbocycles. The Morgan fingerprint density at radius 3 is 2.51 bits per heavy atom. The van der Waals surface area contributed by atoms with E-state index >= 15 is 8.78 Å². The first-order valence-corrected chi connectivity index (χ1v) is 16.3. The summed E-state index contributed by atoms with van der Waals surface area (Å²) in [7, 11) is 0. The molecule has 8 bridgehead atoms.